The molecule has 66 heavy (non-hydrogen) atoms. The van der Waals surface area contributed by atoms with Crippen LogP contribution in [0.4, 0.5) is 0 Å². The Morgan fingerprint density at radius 3 is 2.61 bits per heavy atom. The summed E-state index contributed by atoms with van der Waals surface area (Å²) in [6, 6.07) is 16.3. The van der Waals surface area contributed by atoms with Crippen LogP contribution < -0.4 is 5.73 Å². The second-order valence-corrected chi connectivity index (χ2v) is 23.7. The Kier molecular flexibility index (Phi) is 9.10. The number of aryl methyl sites for hydroxylation is 2. The molecule has 0 amide bonds. The fourth-order valence-electron chi connectivity index (χ4n) is 18.9. The van der Waals surface area contributed by atoms with E-state index in [1.54, 1.807) is 5.70 Å². The van der Waals surface area contributed by atoms with Crippen LogP contribution in [0.3, 0.4) is 0 Å². The van der Waals surface area contributed by atoms with Gasteiger partial charge in [-0.2, -0.15) is 0 Å². The van der Waals surface area contributed by atoms with Gasteiger partial charge >= 0.3 is 11.9 Å². The van der Waals surface area contributed by atoms with Crippen molar-refractivity contribution in [3.8, 4) is 0 Å². The van der Waals surface area contributed by atoms with Crippen LogP contribution in [-0.4, -0.2) is 65.1 Å². The molecule has 17 rings (SSSR count). The molecular weight excluding hydrogens is 819 g/mol. The van der Waals surface area contributed by atoms with Crippen molar-refractivity contribution >= 4 is 11.9 Å². The van der Waals surface area contributed by atoms with E-state index in [0.717, 1.165) is 88.5 Å². The number of nitrogens with two attached hydrogens (primary N) is 1. The van der Waals surface area contributed by atoms with E-state index in [-0.39, 0.29) is 35.6 Å². The molecule has 13 unspecified atom stereocenters. The number of allylic oxidation sites excluding steroid dienone is 3. The van der Waals surface area contributed by atoms with Gasteiger partial charge in [-0.15, -0.1) is 0 Å². The number of hydrogen-bond acceptors (Lipinski definition) is 8. The maximum atomic E-state index is 16.2. The standard InChI is InChI=1S/C58H69N3O5/c1-33-24-39-19-20-45-41-27-36-30-60(32-41)46(37-13-3-2-4-14-37)29-47(62)53-56-22-21-42-44-28-40(49(33)51(42)52(39)61(45)31-36)26-35-12-7-11-34(25-35)10-5-6-18-48(57(44,56)55(64)65-53)58(56)43-17-8-15-38(16-9-23-59)50(43)54(63)66-58/h7-8,11-12,15,17,19-20,25,33,36-37,40-41,45-46,48-49,51,62H,2-6,9-10,13-14,16,18,21-24,26-32,59H2,1H3. The van der Waals surface area contributed by atoms with Crippen molar-refractivity contribution in [2.24, 2.45) is 63.9 Å². The minimum Gasteiger partial charge on any atom is -0.509 e. The summed E-state index contributed by atoms with van der Waals surface area (Å²) in [4.78, 5) is 37.0. The van der Waals surface area contributed by atoms with Crippen molar-refractivity contribution in [3.05, 3.63) is 116 Å². The van der Waals surface area contributed by atoms with Crippen molar-refractivity contribution in [2.75, 3.05) is 26.2 Å². The number of rotatable bonds is 4. The molecule has 0 radical (unpaired) electrons. The second kappa shape index (κ2) is 14.7. The molecule has 2 aromatic rings. The normalized spacial score (nSPS) is 41.6. The maximum absolute atomic E-state index is 16.2. The number of carbonyl (C=O) groups is 2. The number of aliphatic hydroxyl groups excluding tert-OH is 1. The molecule has 3 saturated heterocycles. The molecule has 9 aliphatic heterocycles. The number of hydrogen-bond donors (Lipinski definition) is 2. The second-order valence-electron chi connectivity index (χ2n) is 23.7. The van der Waals surface area contributed by atoms with Crippen LogP contribution in [0.2, 0.25) is 0 Å². The first-order chi connectivity index (χ1) is 32.3. The van der Waals surface area contributed by atoms with Crippen LogP contribution in [0, 0.1) is 58.2 Å². The van der Waals surface area contributed by atoms with Gasteiger partial charge in [0.15, 0.2) is 11.4 Å². The highest BCUT2D eigenvalue weighted by molar-refractivity contribution is 6.00. The summed E-state index contributed by atoms with van der Waals surface area (Å²) >= 11 is 0. The summed E-state index contributed by atoms with van der Waals surface area (Å²) in [5, 5.41) is 13.4. The third-order valence-corrected chi connectivity index (χ3v) is 20.8. The SMILES string of the molecule is CC1CC2=C3C4C5=C6CC(Cc7cccc(c7)CCCCC7C68C(=O)OC(=C(O)CC(C6CCCCC6)N6CC9CC(C6)C(C=C2)N3C9)C8(CC5)C72OC(=O)c3c(CCCN)cccc32)C14. The average molecular weight is 888 g/mol. The first-order valence-electron chi connectivity index (χ1n) is 26.7. The van der Waals surface area contributed by atoms with E-state index in [4.69, 9.17) is 15.2 Å². The fraction of sp³-hybridized carbons (Fsp3) is 0.621. The van der Waals surface area contributed by atoms with E-state index in [1.807, 2.05) is 0 Å². The highest BCUT2D eigenvalue weighted by Crippen LogP contribution is 2.87. The first-order valence-corrected chi connectivity index (χ1v) is 26.7. The van der Waals surface area contributed by atoms with E-state index in [1.165, 1.54) is 66.4 Å². The number of ether oxygens (including phenoxy) is 2. The highest BCUT2D eigenvalue weighted by Gasteiger charge is 2.93. The molecule has 15 bridgehead atoms. The molecule has 0 aromatic heterocycles. The van der Waals surface area contributed by atoms with Crippen molar-refractivity contribution in [2.45, 2.75) is 140 Å². The summed E-state index contributed by atoms with van der Waals surface area (Å²) in [5.74, 6) is 2.93. The van der Waals surface area contributed by atoms with Crippen LogP contribution >= 0.6 is 0 Å². The zero-order valence-corrected chi connectivity index (χ0v) is 39.1. The van der Waals surface area contributed by atoms with Gasteiger partial charge < -0.3 is 25.2 Å². The molecule has 6 aliphatic carbocycles. The highest BCUT2D eigenvalue weighted by atomic mass is 16.6. The Labute approximate surface area is 391 Å². The summed E-state index contributed by atoms with van der Waals surface area (Å²) in [6.45, 7) is 6.23. The molecule has 2 aromatic carbocycles. The predicted molar refractivity (Wildman–Crippen MR) is 253 cm³/mol. The summed E-state index contributed by atoms with van der Waals surface area (Å²) in [6.07, 6.45) is 22.4. The summed E-state index contributed by atoms with van der Waals surface area (Å²) < 4.78 is 14.4. The van der Waals surface area contributed by atoms with E-state index < -0.39 is 16.4 Å². The van der Waals surface area contributed by atoms with Crippen molar-refractivity contribution in [1.29, 1.82) is 0 Å². The van der Waals surface area contributed by atoms with Crippen LogP contribution in [0.1, 0.15) is 136 Å². The monoisotopic (exact) mass is 888 g/mol. The van der Waals surface area contributed by atoms with Crippen LogP contribution in [-0.2, 0) is 39.1 Å². The third-order valence-electron chi connectivity index (χ3n) is 20.8. The van der Waals surface area contributed by atoms with Gasteiger partial charge in [0, 0.05) is 55.2 Å². The van der Waals surface area contributed by atoms with Crippen molar-refractivity contribution in [1.82, 2.24) is 9.80 Å². The van der Waals surface area contributed by atoms with E-state index >= 15 is 9.59 Å². The Balaban J connectivity index is 1.07. The van der Waals surface area contributed by atoms with Gasteiger partial charge in [0.05, 0.1) is 17.0 Å². The lowest BCUT2D eigenvalue weighted by atomic mass is 9.28. The van der Waals surface area contributed by atoms with Gasteiger partial charge in [0.2, 0.25) is 0 Å². The molecule has 9 heterocycles. The van der Waals surface area contributed by atoms with Gasteiger partial charge in [-0.3, -0.25) is 9.69 Å². The molecule has 3 spiro atoms. The molecule has 346 valence electrons. The predicted octanol–water partition coefficient (Wildman–Crippen LogP) is 10.0. The zero-order chi connectivity index (χ0) is 44.3. The van der Waals surface area contributed by atoms with E-state index in [0.29, 0.717) is 78.7 Å². The quantitative estimate of drug-likeness (QED) is 0.231. The molecule has 8 nitrogen and oxygen atoms in total. The number of carbonyl (C=O) groups excluding carboxylic acids is 2. The number of piperidine rings is 2. The Bertz CT molecular complexity index is 2570. The number of esters is 2. The zero-order valence-electron chi connectivity index (χ0n) is 39.1. The Morgan fingerprint density at radius 1 is 0.879 bits per heavy atom. The lowest BCUT2D eigenvalue weighted by molar-refractivity contribution is -0.279. The molecule has 5 fully saturated rings. The Morgan fingerprint density at radius 2 is 1.73 bits per heavy atom. The number of aliphatic hydroxyl groups is 1. The van der Waals surface area contributed by atoms with Gasteiger partial charge in [0.25, 0.3) is 0 Å². The van der Waals surface area contributed by atoms with Gasteiger partial charge in [-0.05, 0) is 148 Å². The third kappa shape index (κ3) is 5.14. The minimum absolute atomic E-state index is 0.152. The van der Waals surface area contributed by atoms with Gasteiger partial charge in [0.1, 0.15) is 11.2 Å². The molecule has 3 N–H and O–H groups in total. The average Bonchev–Trinajstić information content (AvgIpc) is 3.78. The molecule has 2 saturated carbocycles. The first kappa shape index (κ1) is 40.9. The van der Waals surface area contributed by atoms with Crippen LogP contribution in [0.15, 0.2) is 88.6 Å². The Hall–Kier alpha value is -4.14. The summed E-state index contributed by atoms with van der Waals surface area (Å²) in [5.41, 5.74) is 14.2. The fourth-order valence-corrected chi connectivity index (χ4v) is 18.9. The lowest BCUT2D eigenvalue weighted by Gasteiger charge is -2.72. The van der Waals surface area contributed by atoms with Gasteiger partial charge in [-0.25, -0.2) is 4.79 Å². The van der Waals surface area contributed by atoms with Crippen molar-refractivity contribution in [3.63, 3.8) is 0 Å². The molecular formula is C58H69N3O5. The molecule has 13 atom stereocenters. The minimum atomic E-state index is -1.14. The summed E-state index contributed by atoms with van der Waals surface area (Å²) in [7, 11) is 0. The van der Waals surface area contributed by atoms with Gasteiger partial charge in [-0.1, -0.05) is 98.4 Å². The molecule has 15 aliphatic rings. The lowest BCUT2D eigenvalue weighted by Crippen LogP contribution is -2.77. The topological polar surface area (TPSA) is 105 Å². The molecule has 8 heteroatoms. The smallest absolute Gasteiger partial charge is 0.339 e. The number of fused-ring (bicyclic) bond motifs is 7. The van der Waals surface area contributed by atoms with E-state index in [9.17, 15) is 5.11 Å². The van der Waals surface area contributed by atoms with Crippen molar-refractivity contribution < 1.29 is 24.2 Å². The number of nitrogens with zero attached hydrogens (tertiary/aromatic N) is 2. The van der Waals surface area contributed by atoms with E-state index in [2.05, 4.69) is 71.3 Å². The number of benzene rings is 2. The van der Waals surface area contributed by atoms with Crippen LogP contribution in [0.25, 0.3) is 0 Å². The maximum Gasteiger partial charge on any atom is 0.339 e. The van der Waals surface area contributed by atoms with Crippen LogP contribution in [0.5, 0.6) is 0 Å². The largest absolute Gasteiger partial charge is 0.509 e.